The largest absolute Gasteiger partial charge is 0.460 e. The third-order valence-corrected chi connectivity index (χ3v) is 2.23. The lowest BCUT2D eigenvalue weighted by atomic mass is 10.1. The van der Waals surface area contributed by atoms with Gasteiger partial charge in [-0.15, -0.1) is 0 Å². The first kappa shape index (κ1) is 11.9. The Hall–Kier alpha value is -1.13. The summed E-state index contributed by atoms with van der Waals surface area (Å²) in [4.78, 5) is 17.8. The van der Waals surface area contributed by atoms with Gasteiger partial charge in [0.05, 0.1) is 11.1 Å². The Bertz CT molecular complexity index is 327. The summed E-state index contributed by atoms with van der Waals surface area (Å²) >= 11 is 5.47. The molecule has 0 aliphatic rings. The molecule has 1 N–H and O–H groups in total. The molecule has 0 saturated carbocycles. The Kier molecular flexibility index (Phi) is 4.05. The standard InChI is InChI=1S/C10H13ClN2O2/c1-10(2,13-11)7-15-9(14)8-4-3-5-12-6-8/h3-6,13H,7H2,1-2H3. The molecule has 0 spiro atoms. The summed E-state index contributed by atoms with van der Waals surface area (Å²) in [5.74, 6) is -0.400. The highest BCUT2D eigenvalue weighted by molar-refractivity contribution is 6.13. The van der Waals surface area contributed by atoms with Crippen molar-refractivity contribution in [2.75, 3.05) is 6.61 Å². The van der Waals surface area contributed by atoms with E-state index in [-0.39, 0.29) is 6.61 Å². The molecule has 0 radical (unpaired) electrons. The number of ether oxygens (including phenoxy) is 1. The molecule has 0 amide bonds. The predicted octanol–water partition coefficient (Wildman–Crippen LogP) is 1.76. The van der Waals surface area contributed by atoms with Crippen LogP contribution in [0.25, 0.3) is 0 Å². The predicted molar refractivity (Wildman–Crippen MR) is 57.6 cm³/mol. The van der Waals surface area contributed by atoms with E-state index in [9.17, 15) is 4.79 Å². The highest BCUT2D eigenvalue weighted by Gasteiger charge is 2.19. The van der Waals surface area contributed by atoms with Crippen LogP contribution in [-0.4, -0.2) is 23.1 Å². The molecule has 1 aromatic heterocycles. The Balaban J connectivity index is 2.51. The molecule has 1 aromatic rings. The minimum Gasteiger partial charge on any atom is -0.460 e. The van der Waals surface area contributed by atoms with Crippen molar-refractivity contribution in [3.63, 3.8) is 0 Å². The second kappa shape index (κ2) is 5.09. The minimum absolute atomic E-state index is 0.199. The van der Waals surface area contributed by atoms with Crippen molar-refractivity contribution in [3.05, 3.63) is 30.1 Å². The van der Waals surface area contributed by atoms with E-state index in [2.05, 4.69) is 9.82 Å². The summed E-state index contributed by atoms with van der Waals surface area (Å²) in [5.41, 5.74) is -0.0118. The van der Waals surface area contributed by atoms with Gasteiger partial charge in [0.15, 0.2) is 0 Å². The number of hydrogen-bond donors (Lipinski definition) is 1. The van der Waals surface area contributed by atoms with E-state index >= 15 is 0 Å². The molecule has 0 atom stereocenters. The van der Waals surface area contributed by atoms with Gasteiger partial charge in [0.2, 0.25) is 0 Å². The molecule has 15 heavy (non-hydrogen) atoms. The molecule has 82 valence electrons. The third kappa shape index (κ3) is 3.85. The van der Waals surface area contributed by atoms with Crippen molar-refractivity contribution in [3.8, 4) is 0 Å². The molecule has 5 heteroatoms. The maximum Gasteiger partial charge on any atom is 0.339 e. The van der Waals surface area contributed by atoms with E-state index in [1.54, 1.807) is 18.3 Å². The van der Waals surface area contributed by atoms with E-state index in [4.69, 9.17) is 16.5 Å². The SMILES string of the molecule is CC(C)(COC(=O)c1cccnc1)NCl. The molecule has 0 saturated heterocycles. The van der Waals surface area contributed by atoms with Gasteiger partial charge in [0, 0.05) is 12.4 Å². The lowest BCUT2D eigenvalue weighted by molar-refractivity contribution is 0.0420. The van der Waals surface area contributed by atoms with Gasteiger partial charge in [-0.05, 0) is 37.8 Å². The fraction of sp³-hybridized carbons (Fsp3) is 0.400. The number of nitrogens with one attached hydrogen (secondary N) is 1. The van der Waals surface area contributed by atoms with E-state index < -0.39 is 11.5 Å². The van der Waals surface area contributed by atoms with Crippen molar-refractivity contribution < 1.29 is 9.53 Å². The maximum atomic E-state index is 11.5. The number of esters is 1. The molecule has 4 nitrogen and oxygen atoms in total. The van der Waals surface area contributed by atoms with Gasteiger partial charge in [-0.1, -0.05) is 0 Å². The third-order valence-electron chi connectivity index (χ3n) is 1.72. The molecular formula is C10H13ClN2O2. The number of aromatic nitrogens is 1. The first-order valence-electron chi connectivity index (χ1n) is 4.50. The zero-order chi connectivity index (χ0) is 11.3. The summed E-state index contributed by atoms with van der Waals surface area (Å²) < 4.78 is 5.06. The molecule has 0 bridgehead atoms. The Morgan fingerprint density at radius 3 is 2.93 bits per heavy atom. The van der Waals surface area contributed by atoms with E-state index in [1.165, 1.54) is 6.20 Å². The van der Waals surface area contributed by atoms with Crippen LogP contribution in [0.2, 0.25) is 0 Å². The van der Waals surface area contributed by atoms with Gasteiger partial charge in [-0.3, -0.25) is 4.98 Å². The summed E-state index contributed by atoms with van der Waals surface area (Å²) in [6.45, 7) is 3.86. The molecule has 1 rings (SSSR count). The van der Waals surface area contributed by atoms with Crippen molar-refractivity contribution in [2.24, 2.45) is 0 Å². The zero-order valence-corrected chi connectivity index (χ0v) is 9.41. The van der Waals surface area contributed by atoms with Crippen LogP contribution in [-0.2, 0) is 4.74 Å². The number of nitrogens with zero attached hydrogens (tertiary/aromatic N) is 1. The average molecular weight is 229 g/mol. The van der Waals surface area contributed by atoms with Crippen LogP contribution in [0.3, 0.4) is 0 Å². The van der Waals surface area contributed by atoms with Crippen LogP contribution in [0.1, 0.15) is 24.2 Å². The monoisotopic (exact) mass is 228 g/mol. The second-order valence-electron chi connectivity index (χ2n) is 3.80. The quantitative estimate of drug-likeness (QED) is 0.630. The summed E-state index contributed by atoms with van der Waals surface area (Å²) in [6, 6.07) is 3.33. The Labute approximate surface area is 93.7 Å². The number of hydrogen-bond acceptors (Lipinski definition) is 4. The molecular weight excluding hydrogens is 216 g/mol. The Morgan fingerprint density at radius 1 is 1.67 bits per heavy atom. The number of carbonyl (C=O) groups is 1. The van der Waals surface area contributed by atoms with Gasteiger partial charge in [-0.25, -0.2) is 9.63 Å². The fourth-order valence-corrected chi connectivity index (χ4v) is 0.895. The highest BCUT2D eigenvalue weighted by atomic mass is 35.5. The van der Waals surface area contributed by atoms with Crippen LogP contribution in [0, 0.1) is 0 Å². The number of rotatable bonds is 4. The maximum absolute atomic E-state index is 11.5. The van der Waals surface area contributed by atoms with Gasteiger partial charge in [0.1, 0.15) is 6.61 Å². The van der Waals surface area contributed by atoms with Crippen LogP contribution >= 0.6 is 11.8 Å². The molecule has 0 unspecified atom stereocenters. The normalized spacial score (nSPS) is 11.1. The van der Waals surface area contributed by atoms with E-state index in [0.717, 1.165) is 0 Å². The summed E-state index contributed by atoms with van der Waals surface area (Å²) in [7, 11) is 0. The van der Waals surface area contributed by atoms with Crippen LogP contribution in [0.5, 0.6) is 0 Å². The average Bonchev–Trinajstić information content (AvgIpc) is 2.27. The van der Waals surface area contributed by atoms with Crippen molar-refractivity contribution in [1.29, 1.82) is 0 Å². The first-order valence-corrected chi connectivity index (χ1v) is 4.88. The van der Waals surface area contributed by atoms with Crippen molar-refractivity contribution >= 4 is 17.7 Å². The molecule has 0 fully saturated rings. The lowest BCUT2D eigenvalue weighted by Gasteiger charge is -2.21. The van der Waals surface area contributed by atoms with Gasteiger partial charge >= 0.3 is 5.97 Å². The number of carbonyl (C=O) groups excluding carboxylic acids is 1. The molecule has 0 aliphatic carbocycles. The highest BCUT2D eigenvalue weighted by Crippen LogP contribution is 2.06. The molecule has 0 aromatic carbocycles. The summed E-state index contributed by atoms with van der Waals surface area (Å²) in [5, 5.41) is 0. The lowest BCUT2D eigenvalue weighted by Crippen LogP contribution is -2.38. The van der Waals surface area contributed by atoms with Crippen molar-refractivity contribution in [2.45, 2.75) is 19.4 Å². The number of halogens is 1. The van der Waals surface area contributed by atoms with Gasteiger partial charge in [-0.2, -0.15) is 0 Å². The summed E-state index contributed by atoms with van der Waals surface area (Å²) in [6.07, 6.45) is 3.06. The first-order chi connectivity index (χ1) is 7.05. The zero-order valence-electron chi connectivity index (χ0n) is 8.66. The minimum atomic E-state index is -0.445. The number of pyridine rings is 1. The fourth-order valence-electron chi connectivity index (χ4n) is 0.840. The molecule has 0 aliphatic heterocycles. The van der Waals surface area contributed by atoms with Gasteiger partial charge in [0.25, 0.3) is 0 Å². The van der Waals surface area contributed by atoms with Gasteiger partial charge < -0.3 is 4.74 Å². The van der Waals surface area contributed by atoms with Crippen LogP contribution in [0.4, 0.5) is 0 Å². The smallest absolute Gasteiger partial charge is 0.339 e. The van der Waals surface area contributed by atoms with Crippen LogP contribution < -0.4 is 4.84 Å². The molecule has 1 heterocycles. The van der Waals surface area contributed by atoms with E-state index in [0.29, 0.717) is 5.56 Å². The Morgan fingerprint density at radius 2 is 2.40 bits per heavy atom. The second-order valence-corrected chi connectivity index (χ2v) is 3.99. The van der Waals surface area contributed by atoms with Crippen LogP contribution in [0.15, 0.2) is 24.5 Å². The van der Waals surface area contributed by atoms with Crippen molar-refractivity contribution in [1.82, 2.24) is 9.82 Å². The topological polar surface area (TPSA) is 51.2 Å². The van der Waals surface area contributed by atoms with E-state index in [1.807, 2.05) is 13.8 Å².